The fraction of sp³-hybridized carbons (Fsp3) is 0.316. The summed E-state index contributed by atoms with van der Waals surface area (Å²) in [5.74, 6) is 0.210. The zero-order valence-corrected chi connectivity index (χ0v) is 13.9. The van der Waals surface area contributed by atoms with Crippen molar-refractivity contribution in [1.29, 1.82) is 0 Å². The van der Waals surface area contributed by atoms with Gasteiger partial charge < -0.3 is 10.2 Å². The Balaban J connectivity index is 1.84. The summed E-state index contributed by atoms with van der Waals surface area (Å²) in [7, 11) is 1.95. The van der Waals surface area contributed by atoms with Gasteiger partial charge >= 0.3 is 0 Å². The van der Waals surface area contributed by atoms with Gasteiger partial charge in [0.1, 0.15) is 12.4 Å². The van der Waals surface area contributed by atoms with Gasteiger partial charge in [-0.15, -0.1) is 0 Å². The smallest absolute Gasteiger partial charge is 0.279 e. The number of hydrogen-bond acceptors (Lipinski definition) is 1. The van der Waals surface area contributed by atoms with E-state index in [4.69, 9.17) is 0 Å². The van der Waals surface area contributed by atoms with E-state index in [0.29, 0.717) is 19.0 Å². The summed E-state index contributed by atoms with van der Waals surface area (Å²) in [5, 5.41) is 2.91. The molecule has 2 aromatic rings. The third kappa shape index (κ3) is 5.49. The maximum Gasteiger partial charge on any atom is 0.279 e. The molecule has 0 saturated carbocycles. The molecule has 0 aromatic heterocycles. The number of rotatable bonds is 6. The van der Waals surface area contributed by atoms with Gasteiger partial charge in [-0.2, -0.15) is 0 Å². The Kier molecular flexibility index (Phi) is 5.88. The third-order valence-electron chi connectivity index (χ3n) is 3.74. The number of likely N-dealkylation sites (N-methyl/N-ethyl adjacent to an activating group) is 1. The van der Waals surface area contributed by atoms with Crippen LogP contribution in [-0.4, -0.2) is 19.5 Å². The van der Waals surface area contributed by atoms with Crippen LogP contribution in [0.3, 0.4) is 0 Å². The second-order valence-corrected chi connectivity index (χ2v) is 6.26. The lowest BCUT2D eigenvalue weighted by molar-refractivity contribution is -0.885. The number of amides is 1. The molecule has 23 heavy (non-hydrogen) atoms. The summed E-state index contributed by atoms with van der Waals surface area (Å²) < 4.78 is 12.9. The van der Waals surface area contributed by atoms with E-state index in [1.54, 1.807) is 12.1 Å². The van der Waals surface area contributed by atoms with Crippen molar-refractivity contribution >= 4 is 11.6 Å². The Morgan fingerprint density at radius 2 is 1.70 bits per heavy atom. The Hall–Kier alpha value is -2.20. The molecule has 1 atom stereocenters. The van der Waals surface area contributed by atoms with Crippen molar-refractivity contribution < 1.29 is 14.1 Å². The molecule has 0 spiro atoms. The average Bonchev–Trinajstić information content (AvgIpc) is 2.50. The zero-order chi connectivity index (χ0) is 16.8. The highest BCUT2D eigenvalue weighted by Crippen LogP contribution is 2.16. The molecule has 2 rings (SSSR count). The van der Waals surface area contributed by atoms with Crippen LogP contribution in [0.5, 0.6) is 0 Å². The molecular weight excluding hydrogens is 291 g/mol. The Morgan fingerprint density at radius 1 is 1.09 bits per heavy atom. The number of quaternary nitrogens is 1. The molecule has 0 bridgehead atoms. The number of anilines is 1. The van der Waals surface area contributed by atoms with Gasteiger partial charge in [-0.05, 0) is 35.7 Å². The third-order valence-corrected chi connectivity index (χ3v) is 3.74. The molecule has 3 nitrogen and oxygen atoms in total. The Bertz CT molecular complexity index is 635. The van der Waals surface area contributed by atoms with Crippen molar-refractivity contribution in [3.63, 3.8) is 0 Å². The minimum Gasteiger partial charge on any atom is -0.326 e. The Morgan fingerprint density at radius 3 is 2.26 bits per heavy atom. The minimum absolute atomic E-state index is 0.0260. The van der Waals surface area contributed by atoms with Crippen LogP contribution in [-0.2, 0) is 11.3 Å². The minimum atomic E-state index is -0.242. The molecule has 0 saturated heterocycles. The van der Waals surface area contributed by atoms with E-state index >= 15 is 0 Å². The van der Waals surface area contributed by atoms with Gasteiger partial charge in [0, 0.05) is 11.3 Å². The molecule has 4 heteroatoms. The van der Waals surface area contributed by atoms with Crippen molar-refractivity contribution in [2.45, 2.75) is 26.3 Å². The second kappa shape index (κ2) is 7.88. The normalized spacial score (nSPS) is 12.2. The SMILES string of the molecule is CC(C)c1ccc(NC(=O)C[NH+](C)Cc2ccc(F)cc2)cc1. The first-order valence-electron chi connectivity index (χ1n) is 7.89. The van der Waals surface area contributed by atoms with E-state index in [2.05, 4.69) is 19.2 Å². The number of hydrogen-bond donors (Lipinski definition) is 2. The van der Waals surface area contributed by atoms with Gasteiger partial charge in [0.05, 0.1) is 7.05 Å². The standard InChI is InChI=1S/C19H23FN2O/c1-14(2)16-6-10-18(11-7-16)21-19(23)13-22(3)12-15-4-8-17(20)9-5-15/h4-11,14H,12-13H2,1-3H3,(H,21,23)/p+1. The first-order valence-corrected chi connectivity index (χ1v) is 7.89. The highest BCUT2D eigenvalue weighted by Gasteiger charge is 2.11. The average molecular weight is 315 g/mol. The van der Waals surface area contributed by atoms with Crippen LogP contribution in [0.1, 0.15) is 30.9 Å². The molecule has 122 valence electrons. The molecule has 1 amide bonds. The van der Waals surface area contributed by atoms with Gasteiger partial charge in [0.2, 0.25) is 0 Å². The van der Waals surface area contributed by atoms with E-state index in [9.17, 15) is 9.18 Å². The molecule has 2 aromatic carbocycles. The van der Waals surface area contributed by atoms with Crippen molar-refractivity contribution in [2.75, 3.05) is 18.9 Å². The summed E-state index contributed by atoms with van der Waals surface area (Å²) in [4.78, 5) is 13.1. The number of nitrogens with one attached hydrogen (secondary N) is 2. The molecule has 0 aliphatic heterocycles. The topological polar surface area (TPSA) is 33.5 Å². The number of halogens is 1. The maximum absolute atomic E-state index is 12.9. The predicted octanol–water partition coefficient (Wildman–Crippen LogP) is 2.60. The van der Waals surface area contributed by atoms with Gasteiger partial charge in [-0.3, -0.25) is 4.79 Å². The van der Waals surface area contributed by atoms with Gasteiger partial charge in [-0.1, -0.05) is 38.1 Å². The van der Waals surface area contributed by atoms with Crippen LogP contribution in [0.4, 0.5) is 10.1 Å². The first-order chi connectivity index (χ1) is 10.9. The van der Waals surface area contributed by atoms with E-state index < -0.39 is 0 Å². The van der Waals surface area contributed by atoms with E-state index in [-0.39, 0.29) is 11.7 Å². The molecule has 0 aliphatic carbocycles. The largest absolute Gasteiger partial charge is 0.326 e. The number of carbonyl (C=O) groups is 1. The van der Waals surface area contributed by atoms with Crippen LogP contribution in [0.2, 0.25) is 0 Å². The van der Waals surface area contributed by atoms with Crippen LogP contribution in [0.15, 0.2) is 48.5 Å². The summed E-state index contributed by atoms with van der Waals surface area (Å²) in [5.41, 5.74) is 3.08. The maximum atomic E-state index is 12.9. The van der Waals surface area contributed by atoms with Crippen molar-refractivity contribution in [1.82, 2.24) is 0 Å². The van der Waals surface area contributed by atoms with E-state index in [0.717, 1.165) is 16.2 Å². The zero-order valence-electron chi connectivity index (χ0n) is 13.9. The van der Waals surface area contributed by atoms with Gasteiger partial charge in [0.15, 0.2) is 6.54 Å². The van der Waals surface area contributed by atoms with Crippen molar-refractivity contribution in [2.24, 2.45) is 0 Å². The number of carbonyl (C=O) groups excluding carboxylic acids is 1. The summed E-state index contributed by atoms with van der Waals surface area (Å²) >= 11 is 0. The Labute approximate surface area is 137 Å². The van der Waals surface area contributed by atoms with Crippen molar-refractivity contribution in [3.8, 4) is 0 Å². The number of benzene rings is 2. The fourth-order valence-electron chi connectivity index (χ4n) is 2.44. The predicted molar refractivity (Wildman–Crippen MR) is 91.0 cm³/mol. The molecule has 2 N–H and O–H groups in total. The quantitative estimate of drug-likeness (QED) is 0.844. The van der Waals surface area contributed by atoms with Crippen LogP contribution < -0.4 is 10.2 Å². The highest BCUT2D eigenvalue weighted by molar-refractivity contribution is 5.91. The van der Waals surface area contributed by atoms with Crippen LogP contribution in [0, 0.1) is 5.82 Å². The summed E-state index contributed by atoms with van der Waals surface area (Å²) in [6, 6.07) is 14.3. The molecule has 0 heterocycles. The first kappa shape index (κ1) is 17.2. The highest BCUT2D eigenvalue weighted by atomic mass is 19.1. The molecule has 0 radical (unpaired) electrons. The molecule has 0 aliphatic rings. The van der Waals surface area contributed by atoms with E-state index in [1.165, 1.54) is 17.7 Å². The second-order valence-electron chi connectivity index (χ2n) is 6.26. The van der Waals surface area contributed by atoms with Crippen LogP contribution >= 0.6 is 0 Å². The summed E-state index contributed by atoms with van der Waals surface area (Å²) in [6.07, 6.45) is 0. The summed E-state index contributed by atoms with van der Waals surface area (Å²) in [6.45, 7) is 5.33. The monoisotopic (exact) mass is 315 g/mol. The lowest BCUT2D eigenvalue weighted by atomic mass is 10.0. The molecular formula is C19H24FN2O+. The van der Waals surface area contributed by atoms with E-state index in [1.807, 2.05) is 31.3 Å². The lowest BCUT2D eigenvalue weighted by Gasteiger charge is -2.14. The van der Waals surface area contributed by atoms with Crippen molar-refractivity contribution in [3.05, 3.63) is 65.5 Å². The lowest BCUT2D eigenvalue weighted by Crippen LogP contribution is -3.08. The molecule has 0 fully saturated rings. The van der Waals surface area contributed by atoms with Crippen LogP contribution in [0.25, 0.3) is 0 Å². The molecule has 1 unspecified atom stereocenters. The van der Waals surface area contributed by atoms with Gasteiger partial charge in [-0.25, -0.2) is 4.39 Å². The fourth-order valence-corrected chi connectivity index (χ4v) is 2.44. The van der Waals surface area contributed by atoms with Gasteiger partial charge in [0.25, 0.3) is 5.91 Å².